The van der Waals surface area contributed by atoms with Gasteiger partial charge in [-0.1, -0.05) is 30.3 Å². The molecule has 1 N–H and O–H groups in total. The molecule has 1 unspecified atom stereocenters. The Morgan fingerprint density at radius 3 is 2.42 bits per heavy atom. The van der Waals surface area contributed by atoms with Gasteiger partial charge in [-0.25, -0.2) is 4.79 Å². The van der Waals surface area contributed by atoms with E-state index in [1.54, 1.807) is 25.3 Å². The van der Waals surface area contributed by atoms with Gasteiger partial charge in [-0.2, -0.15) is 0 Å². The van der Waals surface area contributed by atoms with Crippen molar-refractivity contribution in [2.45, 2.75) is 12.5 Å². The van der Waals surface area contributed by atoms with Crippen LogP contribution in [-0.4, -0.2) is 32.1 Å². The summed E-state index contributed by atoms with van der Waals surface area (Å²) in [5.41, 5.74) is 1.36. The lowest BCUT2D eigenvalue weighted by atomic mass is 10.1. The zero-order chi connectivity index (χ0) is 17.5. The van der Waals surface area contributed by atoms with E-state index < -0.39 is 12.0 Å². The summed E-state index contributed by atoms with van der Waals surface area (Å²) in [7, 11) is 2.85. The van der Waals surface area contributed by atoms with Crippen molar-refractivity contribution in [2.24, 2.45) is 0 Å². The van der Waals surface area contributed by atoms with E-state index in [1.807, 2.05) is 30.3 Å². The second-order valence-corrected chi connectivity index (χ2v) is 5.94. The third-order valence-corrected chi connectivity index (χ3v) is 4.11. The maximum absolute atomic E-state index is 12.4. The van der Waals surface area contributed by atoms with Crippen molar-refractivity contribution in [2.75, 3.05) is 14.2 Å². The van der Waals surface area contributed by atoms with Crippen molar-refractivity contribution in [3.05, 3.63) is 64.1 Å². The maximum atomic E-state index is 12.4. The van der Waals surface area contributed by atoms with Crippen molar-refractivity contribution >= 4 is 27.8 Å². The first-order chi connectivity index (χ1) is 11.5. The number of hydrogen-bond donors (Lipinski definition) is 1. The van der Waals surface area contributed by atoms with Crippen LogP contribution < -0.4 is 10.1 Å². The van der Waals surface area contributed by atoms with Gasteiger partial charge in [0.15, 0.2) is 0 Å². The van der Waals surface area contributed by atoms with E-state index in [2.05, 4.69) is 21.2 Å². The molecule has 2 aromatic carbocycles. The molecule has 6 heteroatoms. The Balaban J connectivity index is 2.15. The normalized spacial score (nSPS) is 11.5. The van der Waals surface area contributed by atoms with Gasteiger partial charge < -0.3 is 14.8 Å². The number of rotatable bonds is 6. The van der Waals surface area contributed by atoms with E-state index in [-0.39, 0.29) is 5.91 Å². The molecule has 2 rings (SSSR count). The first-order valence-corrected chi connectivity index (χ1v) is 8.10. The Labute approximate surface area is 149 Å². The molecule has 0 bridgehead atoms. The minimum absolute atomic E-state index is 0.357. The average molecular weight is 392 g/mol. The number of hydrogen-bond acceptors (Lipinski definition) is 4. The second-order valence-electron chi connectivity index (χ2n) is 5.09. The van der Waals surface area contributed by atoms with Gasteiger partial charge in [0.05, 0.1) is 18.7 Å². The molecule has 0 aliphatic rings. The van der Waals surface area contributed by atoms with Crippen LogP contribution in [0.25, 0.3) is 0 Å². The second kappa shape index (κ2) is 8.49. The third kappa shape index (κ3) is 4.58. The molecule has 0 radical (unpaired) electrons. The van der Waals surface area contributed by atoms with Crippen molar-refractivity contribution < 1.29 is 19.1 Å². The molecule has 1 amide bonds. The number of halogens is 1. The van der Waals surface area contributed by atoms with Crippen molar-refractivity contribution in [3.63, 3.8) is 0 Å². The molecular formula is C18H18BrNO4. The van der Waals surface area contributed by atoms with E-state index in [4.69, 9.17) is 9.47 Å². The lowest BCUT2D eigenvalue weighted by Crippen LogP contribution is -2.43. The molecule has 1 atom stereocenters. The number of carbonyl (C=O) groups is 2. The molecule has 0 aromatic heterocycles. The quantitative estimate of drug-likeness (QED) is 0.768. The molecule has 0 fully saturated rings. The van der Waals surface area contributed by atoms with Crippen LogP contribution in [0.1, 0.15) is 15.9 Å². The zero-order valence-electron chi connectivity index (χ0n) is 13.4. The van der Waals surface area contributed by atoms with Crippen molar-refractivity contribution in [3.8, 4) is 5.75 Å². The SMILES string of the molecule is COC(=O)C(Cc1ccccc1)NC(=O)c1ccc(OC)c(Br)c1. The summed E-state index contributed by atoms with van der Waals surface area (Å²) < 4.78 is 10.6. The van der Waals surface area contributed by atoms with Crippen LogP contribution in [0.3, 0.4) is 0 Å². The molecule has 2 aromatic rings. The van der Waals surface area contributed by atoms with E-state index in [0.29, 0.717) is 22.2 Å². The summed E-state index contributed by atoms with van der Waals surface area (Å²) in [4.78, 5) is 24.4. The fraction of sp³-hybridized carbons (Fsp3) is 0.222. The summed E-state index contributed by atoms with van der Waals surface area (Å²) in [5.74, 6) is -0.218. The van der Waals surface area contributed by atoms with Gasteiger partial charge in [-0.15, -0.1) is 0 Å². The summed E-state index contributed by atoms with van der Waals surface area (Å²) in [6.07, 6.45) is 0.358. The van der Waals surface area contributed by atoms with Crippen molar-refractivity contribution in [1.82, 2.24) is 5.32 Å². The summed E-state index contributed by atoms with van der Waals surface area (Å²) in [6.45, 7) is 0. The van der Waals surface area contributed by atoms with Crippen LogP contribution in [0.2, 0.25) is 0 Å². The molecule has 0 saturated carbocycles. The maximum Gasteiger partial charge on any atom is 0.328 e. The Morgan fingerprint density at radius 1 is 1.12 bits per heavy atom. The number of methoxy groups -OCH3 is 2. The highest BCUT2D eigenvalue weighted by Gasteiger charge is 2.23. The first kappa shape index (κ1) is 18.0. The Morgan fingerprint density at radius 2 is 1.83 bits per heavy atom. The number of amides is 1. The molecule has 0 saturated heterocycles. The summed E-state index contributed by atoms with van der Waals surface area (Å²) in [6, 6.07) is 13.6. The van der Waals surface area contributed by atoms with Crippen LogP contribution >= 0.6 is 15.9 Å². The van der Waals surface area contributed by atoms with Gasteiger partial charge in [0, 0.05) is 12.0 Å². The largest absolute Gasteiger partial charge is 0.496 e. The molecular weight excluding hydrogens is 374 g/mol. The van der Waals surface area contributed by atoms with E-state index in [1.165, 1.54) is 7.11 Å². The molecule has 0 aliphatic heterocycles. The Hall–Kier alpha value is -2.34. The van der Waals surface area contributed by atoms with E-state index >= 15 is 0 Å². The lowest BCUT2D eigenvalue weighted by molar-refractivity contribution is -0.142. The number of nitrogens with one attached hydrogen (secondary N) is 1. The zero-order valence-corrected chi connectivity index (χ0v) is 15.0. The van der Waals surface area contributed by atoms with Gasteiger partial charge in [0.25, 0.3) is 5.91 Å². The number of benzene rings is 2. The first-order valence-electron chi connectivity index (χ1n) is 7.31. The van der Waals surface area contributed by atoms with Gasteiger partial charge in [-0.05, 0) is 39.7 Å². The highest BCUT2D eigenvalue weighted by Crippen LogP contribution is 2.25. The topological polar surface area (TPSA) is 64.6 Å². The smallest absolute Gasteiger partial charge is 0.328 e. The minimum atomic E-state index is -0.759. The van der Waals surface area contributed by atoms with Crippen LogP contribution in [0, 0.1) is 0 Å². The molecule has 0 heterocycles. The molecule has 24 heavy (non-hydrogen) atoms. The molecule has 5 nitrogen and oxygen atoms in total. The Bertz CT molecular complexity index is 718. The lowest BCUT2D eigenvalue weighted by Gasteiger charge is -2.17. The minimum Gasteiger partial charge on any atom is -0.496 e. The van der Waals surface area contributed by atoms with Gasteiger partial charge in [0.1, 0.15) is 11.8 Å². The fourth-order valence-electron chi connectivity index (χ4n) is 2.23. The fourth-order valence-corrected chi connectivity index (χ4v) is 2.78. The predicted octanol–water partition coefficient (Wildman–Crippen LogP) is 2.97. The molecule has 0 aliphatic carbocycles. The van der Waals surface area contributed by atoms with Crippen molar-refractivity contribution in [1.29, 1.82) is 0 Å². The predicted molar refractivity (Wildman–Crippen MR) is 94.1 cm³/mol. The number of ether oxygens (including phenoxy) is 2. The van der Waals surface area contributed by atoms with E-state index in [0.717, 1.165) is 5.56 Å². The van der Waals surface area contributed by atoms with Crippen LogP contribution in [-0.2, 0) is 16.0 Å². The monoisotopic (exact) mass is 391 g/mol. The molecule has 0 spiro atoms. The molecule has 126 valence electrons. The van der Waals surface area contributed by atoms with Crippen LogP contribution in [0.5, 0.6) is 5.75 Å². The number of esters is 1. The van der Waals surface area contributed by atoms with Crippen LogP contribution in [0.15, 0.2) is 53.0 Å². The standard InChI is InChI=1S/C18H18BrNO4/c1-23-16-9-8-13(11-14(16)19)17(21)20-15(18(22)24-2)10-12-6-4-3-5-7-12/h3-9,11,15H,10H2,1-2H3,(H,20,21). The highest BCUT2D eigenvalue weighted by atomic mass is 79.9. The Kier molecular flexibility index (Phi) is 6.37. The number of carbonyl (C=O) groups excluding carboxylic acids is 2. The van der Waals surface area contributed by atoms with Gasteiger partial charge in [-0.3, -0.25) is 4.79 Å². The average Bonchev–Trinajstić information content (AvgIpc) is 2.61. The summed E-state index contributed by atoms with van der Waals surface area (Å²) >= 11 is 3.34. The van der Waals surface area contributed by atoms with E-state index in [9.17, 15) is 9.59 Å². The van der Waals surface area contributed by atoms with Gasteiger partial charge in [0.2, 0.25) is 0 Å². The third-order valence-electron chi connectivity index (χ3n) is 3.49. The summed E-state index contributed by atoms with van der Waals surface area (Å²) in [5, 5.41) is 2.72. The van der Waals surface area contributed by atoms with Gasteiger partial charge >= 0.3 is 5.97 Å². The van der Waals surface area contributed by atoms with Crippen LogP contribution in [0.4, 0.5) is 0 Å². The highest BCUT2D eigenvalue weighted by molar-refractivity contribution is 9.10.